The van der Waals surface area contributed by atoms with Gasteiger partial charge in [-0.1, -0.05) is 29.8 Å². The molecule has 0 aliphatic heterocycles. The van der Waals surface area contributed by atoms with Gasteiger partial charge in [-0.2, -0.15) is 0 Å². The van der Waals surface area contributed by atoms with Crippen LogP contribution in [0.3, 0.4) is 0 Å². The molecule has 2 aromatic rings. The summed E-state index contributed by atoms with van der Waals surface area (Å²) in [6, 6.07) is 12.2. The number of halogens is 1. The van der Waals surface area contributed by atoms with Crippen molar-refractivity contribution in [3.63, 3.8) is 0 Å². The predicted molar refractivity (Wildman–Crippen MR) is 75.7 cm³/mol. The second-order valence-electron chi connectivity index (χ2n) is 4.42. The number of hydrogen-bond donors (Lipinski definition) is 1. The lowest BCUT2D eigenvalue weighted by molar-refractivity contribution is 0.566. The van der Waals surface area contributed by atoms with Crippen LogP contribution in [0, 0.1) is 6.92 Å². The van der Waals surface area contributed by atoms with E-state index in [2.05, 4.69) is 36.3 Å². The molecular formula is C15H17ClN2. The molecule has 0 spiro atoms. The van der Waals surface area contributed by atoms with E-state index in [4.69, 9.17) is 11.6 Å². The molecule has 2 rings (SSSR count). The third-order valence-corrected chi connectivity index (χ3v) is 3.28. The van der Waals surface area contributed by atoms with Gasteiger partial charge in [0.1, 0.15) is 0 Å². The molecule has 0 saturated heterocycles. The fraction of sp³-hybridized carbons (Fsp3) is 0.267. The van der Waals surface area contributed by atoms with Crippen LogP contribution in [0.1, 0.15) is 29.8 Å². The summed E-state index contributed by atoms with van der Waals surface area (Å²) in [7, 11) is 0. The molecule has 0 amide bonds. The minimum atomic E-state index is 0.255. The summed E-state index contributed by atoms with van der Waals surface area (Å²) in [6.45, 7) is 4.97. The van der Waals surface area contributed by atoms with E-state index in [0.29, 0.717) is 0 Å². The van der Waals surface area contributed by atoms with Gasteiger partial charge >= 0.3 is 0 Å². The van der Waals surface area contributed by atoms with E-state index in [-0.39, 0.29) is 6.04 Å². The maximum absolute atomic E-state index is 5.99. The van der Waals surface area contributed by atoms with Crippen molar-refractivity contribution in [1.29, 1.82) is 0 Å². The number of nitrogens with one attached hydrogen (secondary N) is 1. The molecule has 1 aromatic carbocycles. The molecule has 1 atom stereocenters. The Kier molecular flexibility index (Phi) is 4.34. The minimum absolute atomic E-state index is 0.255. The van der Waals surface area contributed by atoms with Gasteiger partial charge in [0, 0.05) is 23.8 Å². The first kappa shape index (κ1) is 13.1. The Labute approximate surface area is 113 Å². The van der Waals surface area contributed by atoms with E-state index in [1.54, 1.807) is 0 Å². The molecule has 18 heavy (non-hydrogen) atoms. The molecular weight excluding hydrogens is 244 g/mol. The molecule has 0 fully saturated rings. The van der Waals surface area contributed by atoms with Gasteiger partial charge in [-0.25, -0.2) is 0 Å². The Morgan fingerprint density at radius 2 is 2.11 bits per heavy atom. The second-order valence-corrected chi connectivity index (χ2v) is 4.86. The topological polar surface area (TPSA) is 24.9 Å². The van der Waals surface area contributed by atoms with Gasteiger partial charge in [0.25, 0.3) is 0 Å². The van der Waals surface area contributed by atoms with Crippen LogP contribution >= 0.6 is 11.6 Å². The summed E-state index contributed by atoms with van der Waals surface area (Å²) in [5.74, 6) is 0. The summed E-state index contributed by atoms with van der Waals surface area (Å²) in [4.78, 5) is 4.37. The van der Waals surface area contributed by atoms with Crippen LogP contribution in [-0.4, -0.2) is 4.98 Å². The first-order valence-corrected chi connectivity index (χ1v) is 6.44. The Morgan fingerprint density at radius 3 is 2.83 bits per heavy atom. The third kappa shape index (κ3) is 3.31. The second kappa shape index (κ2) is 5.98. The van der Waals surface area contributed by atoms with Gasteiger partial charge in [-0.15, -0.1) is 0 Å². The van der Waals surface area contributed by atoms with Gasteiger partial charge in [0.15, 0.2) is 0 Å². The standard InChI is InChI=1S/C15H17ClN2/c1-11-5-4-8-17-15(11)10-18-12(2)13-6-3-7-14(16)9-13/h3-9,12,18H,10H2,1-2H3. The van der Waals surface area contributed by atoms with Crippen LogP contribution < -0.4 is 5.32 Å². The lowest BCUT2D eigenvalue weighted by Crippen LogP contribution is -2.19. The quantitative estimate of drug-likeness (QED) is 0.902. The van der Waals surface area contributed by atoms with Crippen molar-refractivity contribution in [1.82, 2.24) is 10.3 Å². The number of rotatable bonds is 4. The highest BCUT2D eigenvalue weighted by Gasteiger charge is 2.06. The zero-order valence-electron chi connectivity index (χ0n) is 10.7. The first-order valence-electron chi connectivity index (χ1n) is 6.06. The summed E-state index contributed by atoms with van der Waals surface area (Å²) < 4.78 is 0. The molecule has 0 aliphatic carbocycles. The van der Waals surface area contributed by atoms with Crippen molar-refractivity contribution in [2.45, 2.75) is 26.4 Å². The van der Waals surface area contributed by atoms with E-state index in [1.807, 2.05) is 30.5 Å². The zero-order valence-corrected chi connectivity index (χ0v) is 11.4. The van der Waals surface area contributed by atoms with Crippen molar-refractivity contribution >= 4 is 11.6 Å². The molecule has 1 aromatic heterocycles. The van der Waals surface area contributed by atoms with Crippen molar-refractivity contribution < 1.29 is 0 Å². The Bertz CT molecular complexity index is 525. The van der Waals surface area contributed by atoms with Crippen LogP contribution in [0.2, 0.25) is 5.02 Å². The van der Waals surface area contributed by atoms with Gasteiger partial charge in [0.2, 0.25) is 0 Å². The van der Waals surface area contributed by atoms with Crippen molar-refractivity contribution in [2.75, 3.05) is 0 Å². The lowest BCUT2D eigenvalue weighted by Gasteiger charge is -2.15. The fourth-order valence-corrected chi connectivity index (χ4v) is 2.05. The third-order valence-electron chi connectivity index (χ3n) is 3.04. The van der Waals surface area contributed by atoms with Gasteiger partial charge in [-0.05, 0) is 43.2 Å². The van der Waals surface area contributed by atoms with Crippen molar-refractivity contribution in [3.8, 4) is 0 Å². The van der Waals surface area contributed by atoms with Gasteiger partial charge in [-0.3, -0.25) is 4.98 Å². The van der Waals surface area contributed by atoms with Crippen molar-refractivity contribution in [3.05, 3.63) is 64.4 Å². The van der Waals surface area contributed by atoms with Crippen LogP contribution in [0.25, 0.3) is 0 Å². The highest BCUT2D eigenvalue weighted by Crippen LogP contribution is 2.17. The van der Waals surface area contributed by atoms with E-state index in [9.17, 15) is 0 Å². The lowest BCUT2D eigenvalue weighted by atomic mass is 10.1. The molecule has 3 heteroatoms. The number of benzene rings is 1. The van der Waals surface area contributed by atoms with Crippen molar-refractivity contribution in [2.24, 2.45) is 0 Å². The molecule has 1 heterocycles. The number of hydrogen-bond acceptors (Lipinski definition) is 2. The monoisotopic (exact) mass is 260 g/mol. The van der Waals surface area contributed by atoms with Gasteiger partial charge < -0.3 is 5.32 Å². The molecule has 0 saturated carbocycles. The molecule has 1 unspecified atom stereocenters. The summed E-state index contributed by atoms with van der Waals surface area (Å²) in [5, 5.41) is 4.24. The van der Waals surface area contributed by atoms with E-state index in [0.717, 1.165) is 17.3 Å². The van der Waals surface area contributed by atoms with Crippen LogP contribution in [0.4, 0.5) is 0 Å². The normalized spacial score (nSPS) is 12.4. The summed E-state index contributed by atoms with van der Waals surface area (Å²) in [6.07, 6.45) is 1.83. The zero-order chi connectivity index (χ0) is 13.0. The number of pyridine rings is 1. The smallest absolute Gasteiger partial charge is 0.0570 e. The maximum atomic E-state index is 5.99. The van der Waals surface area contributed by atoms with E-state index >= 15 is 0 Å². The Morgan fingerprint density at radius 1 is 1.28 bits per heavy atom. The fourth-order valence-electron chi connectivity index (χ4n) is 1.85. The molecule has 0 bridgehead atoms. The molecule has 94 valence electrons. The summed E-state index contributed by atoms with van der Waals surface area (Å²) in [5.41, 5.74) is 3.49. The summed E-state index contributed by atoms with van der Waals surface area (Å²) >= 11 is 5.99. The molecule has 0 radical (unpaired) electrons. The highest BCUT2D eigenvalue weighted by atomic mass is 35.5. The predicted octanol–water partition coefficient (Wildman–Crippen LogP) is 3.89. The first-order chi connectivity index (χ1) is 8.66. The van der Waals surface area contributed by atoms with E-state index < -0.39 is 0 Å². The largest absolute Gasteiger partial charge is 0.305 e. The van der Waals surface area contributed by atoms with E-state index in [1.165, 1.54) is 11.1 Å². The molecule has 1 N–H and O–H groups in total. The maximum Gasteiger partial charge on any atom is 0.0570 e. The van der Waals surface area contributed by atoms with Crippen LogP contribution in [0.15, 0.2) is 42.6 Å². The Balaban J connectivity index is 2.00. The number of aromatic nitrogens is 1. The average molecular weight is 261 g/mol. The number of aryl methyl sites for hydroxylation is 1. The minimum Gasteiger partial charge on any atom is -0.305 e. The number of nitrogens with zero attached hydrogens (tertiary/aromatic N) is 1. The SMILES string of the molecule is Cc1cccnc1CNC(C)c1cccc(Cl)c1. The Hall–Kier alpha value is -1.38. The van der Waals surface area contributed by atoms with Crippen LogP contribution in [-0.2, 0) is 6.54 Å². The van der Waals surface area contributed by atoms with Gasteiger partial charge in [0.05, 0.1) is 5.69 Å². The van der Waals surface area contributed by atoms with Crippen LogP contribution in [0.5, 0.6) is 0 Å². The molecule has 2 nitrogen and oxygen atoms in total. The highest BCUT2D eigenvalue weighted by molar-refractivity contribution is 6.30. The molecule has 0 aliphatic rings. The average Bonchev–Trinajstić information content (AvgIpc) is 2.37.